The summed E-state index contributed by atoms with van der Waals surface area (Å²) in [6.07, 6.45) is 5.54. The Balaban J connectivity index is 1.52. The highest BCUT2D eigenvalue weighted by atomic mass is 19.1. The Morgan fingerprint density at radius 2 is 1.97 bits per heavy atom. The predicted molar refractivity (Wildman–Crippen MR) is 138 cm³/mol. The van der Waals surface area contributed by atoms with E-state index in [4.69, 9.17) is 14.4 Å². The summed E-state index contributed by atoms with van der Waals surface area (Å²) in [5.74, 6) is -0.775. The number of nitrogens with zero attached hydrogens (tertiary/aromatic N) is 5. The highest BCUT2D eigenvalue weighted by Gasteiger charge is 2.28. The molecule has 1 amide bonds. The molecule has 0 spiro atoms. The Labute approximate surface area is 216 Å². The van der Waals surface area contributed by atoms with Crippen molar-refractivity contribution < 1.29 is 22.8 Å². The minimum atomic E-state index is -0.874. The van der Waals surface area contributed by atoms with Crippen molar-refractivity contribution in [3.05, 3.63) is 77.8 Å². The normalized spacial score (nSPS) is 15.1. The zero-order valence-corrected chi connectivity index (χ0v) is 20.5. The summed E-state index contributed by atoms with van der Waals surface area (Å²) in [6.45, 7) is 5.94. The summed E-state index contributed by atoms with van der Waals surface area (Å²) in [5.41, 5.74) is 3.07. The molecule has 1 fully saturated rings. The molecule has 9 nitrogen and oxygen atoms in total. The van der Waals surface area contributed by atoms with Crippen LogP contribution in [0.5, 0.6) is 0 Å². The lowest BCUT2D eigenvalue weighted by molar-refractivity contribution is -0.112. The van der Waals surface area contributed by atoms with Crippen molar-refractivity contribution in [1.29, 1.82) is 0 Å². The van der Waals surface area contributed by atoms with Crippen LogP contribution in [0.4, 0.5) is 14.6 Å². The molecule has 194 valence electrons. The van der Waals surface area contributed by atoms with Gasteiger partial charge in [-0.15, -0.1) is 0 Å². The average molecular weight is 519 g/mol. The van der Waals surface area contributed by atoms with E-state index in [0.717, 1.165) is 18.9 Å². The number of allylic oxidation sites excluding steroid dienone is 1. The van der Waals surface area contributed by atoms with Crippen molar-refractivity contribution in [3.8, 4) is 22.5 Å². The molecule has 0 saturated carbocycles. The standard InChI is InChI=1S/C27H24F2N6O3/c1-3-16(14-21(29)30-2)27(36)32-22-15-35-23(31-22)9-8-20(33-35)24-25(17-4-6-19(28)7-5-17)34-38-26(24)18-10-12-37-13-11-18/h3-9,14-15,18H,2,10-13H2,1H3,(H,32,36)/b16-3+,21-14-. The summed E-state index contributed by atoms with van der Waals surface area (Å²) in [5, 5.41) is 11.7. The van der Waals surface area contributed by atoms with E-state index in [1.54, 1.807) is 37.4 Å². The number of amides is 1. The van der Waals surface area contributed by atoms with Crippen LogP contribution in [-0.4, -0.2) is 45.6 Å². The van der Waals surface area contributed by atoms with Crippen LogP contribution in [0.3, 0.4) is 0 Å². The Hall–Kier alpha value is -4.51. The topological polar surface area (TPSA) is 107 Å². The number of carbonyl (C=O) groups excluding carboxylic acids is 1. The minimum absolute atomic E-state index is 0.0649. The molecule has 0 bridgehead atoms. The number of hydrogen-bond acceptors (Lipinski definition) is 7. The molecule has 3 aromatic heterocycles. The van der Waals surface area contributed by atoms with Crippen molar-refractivity contribution in [3.63, 3.8) is 0 Å². The number of imidazole rings is 1. The fourth-order valence-electron chi connectivity index (χ4n) is 4.31. The number of aliphatic imine (C=N–C) groups is 1. The average Bonchev–Trinajstić information content (AvgIpc) is 3.56. The van der Waals surface area contributed by atoms with Gasteiger partial charge in [-0.05, 0) is 62.9 Å². The maximum atomic E-state index is 13.6. The number of hydrogen-bond donors (Lipinski definition) is 1. The molecule has 38 heavy (non-hydrogen) atoms. The van der Waals surface area contributed by atoms with Crippen LogP contribution in [0.15, 0.2) is 75.8 Å². The van der Waals surface area contributed by atoms with Crippen LogP contribution in [-0.2, 0) is 9.53 Å². The lowest BCUT2D eigenvalue weighted by Gasteiger charge is -2.20. The molecule has 0 unspecified atom stereocenters. The molecular formula is C27H24F2N6O3. The van der Waals surface area contributed by atoms with Gasteiger partial charge >= 0.3 is 0 Å². The zero-order valence-electron chi connectivity index (χ0n) is 20.5. The number of anilines is 1. The lowest BCUT2D eigenvalue weighted by atomic mass is 9.91. The molecular weight excluding hydrogens is 494 g/mol. The molecule has 0 aliphatic carbocycles. The third-order valence-corrected chi connectivity index (χ3v) is 6.24. The third-order valence-electron chi connectivity index (χ3n) is 6.24. The van der Waals surface area contributed by atoms with Gasteiger partial charge in [-0.3, -0.25) is 4.79 Å². The van der Waals surface area contributed by atoms with E-state index in [0.29, 0.717) is 47.1 Å². The van der Waals surface area contributed by atoms with E-state index in [1.165, 1.54) is 22.7 Å². The quantitative estimate of drug-likeness (QED) is 0.150. The van der Waals surface area contributed by atoms with E-state index in [2.05, 4.69) is 27.2 Å². The molecule has 4 heterocycles. The van der Waals surface area contributed by atoms with Gasteiger partial charge in [-0.1, -0.05) is 11.2 Å². The van der Waals surface area contributed by atoms with Gasteiger partial charge in [0, 0.05) is 36.3 Å². The van der Waals surface area contributed by atoms with Crippen LogP contribution in [0.25, 0.3) is 28.2 Å². The van der Waals surface area contributed by atoms with Crippen molar-refractivity contribution in [2.75, 3.05) is 18.5 Å². The molecule has 1 aliphatic rings. The van der Waals surface area contributed by atoms with Gasteiger partial charge in [0.05, 0.1) is 17.5 Å². The Kier molecular flexibility index (Phi) is 7.18. The Morgan fingerprint density at radius 1 is 1.21 bits per heavy atom. The first-order valence-electron chi connectivity index (χ1n) is 12.0. The van der Waals surface area contributed by atoms with Crippen LogP contribution in [0.2, 0.25) is 0 Å². The van der Waals surface area contributed by atoms with E-state index < -0.39 is 11.9 Å². The van der Waals surface area contributed by atoms with Gasteiger partial charge < -0.3 is 14.6 Å². The molecule has 1 aromatic carbocycles. The van der Waals surface area contributed by atoms with Gasteiger partial charge in [0.15, 0.2) is 11.5 Å². The third kappa shape index (κ3) is 5.14. The van der Waals surface area contributed by atoms with E-state index in [-0.39, 0.29) is 23.1 Å². The smallest absolute Gasteiger partial charge is 0.256 e. The largest absolute Gasteiger partial charge is 0.381 e. The number of ether oxygens (including phenoxy) is 1. The molecule has 1 N–H and O–H groups in total. The number of carbonyl (C=O) groups is 1. The molecule has 1 aliphatic heterocycles. The Bertz CT molecular complexity index is 1550. The second-order valence-electron chi connectivity index (χ2n) is 8.63. The molecule has 0 atom stereocenters. The fraction of sp³-hybridized carbons (Fsp3) is 0.222. The predicted octanol–water partition coefficient (Wildman–Crippen LogP) is 5.48. The fourth-order valence-corrected chi connectivity index (χ4v) is 4.31. The summed E-state index contributed by atoms with van der Waals surface area (Å²) >= 11 is 0. The number of benzene rings is 1. The van der Waals surface area contributed by atoms with Crippen molar-refractivity contribution in [1.82, 2.24) is 19.8 Å². The first kappa shape index (κ1) is 25.2. The molecule has 4 aromatic rings. The highest BCUT2D eigenvalue weighted by molar-refractivity contribution is 6.05. The zero-order chi connectivity index (χ0) is 26.6. The van der Waals surface area contributed by atoms with Gasteiger partial charge in [0.1, 0.15) is 17.3 Å². The van der Waals surface area contributed by atoms with Gasteiger partial charge in [0.25, 0.3) is 5.91 Å². The van der Waals surface area contributed by atoms with Crippen molar-refractivity contribution in [2.45, 2.75) is 25.7 Å². The second kappa shape index (κ2) is 10.9. The molecule has 0 radical (unpaired) electrons. The van der Waals surface area contributed by atoms with Crippen LogP contribution >= 0.6 is 0 Å². The summed E-state index contributed by atoms with van der Waals surface area (Å²) in [7, 11) is 0. The van der Waals surface area contributed by atoms with Crippen LogP contribution in [0, 0.1) is 5.82 Å². The van der Waals surface area contributed by atoms with Crippen molar-refractivity contribution >= 4 is 24.1 Å². The first-order valence-corrected chi connectivity index (χ1v) is 12.0. The van der Waals surface area contributed by atoms with Crippen LogP contribution in [0.1, 0.15) is 31.4 Å². The van der Waals surface area contributed by atoms with Gasteiger partial charge in [-0.25, -0.2) is 18.9 Å². The number of nitrogens with one attached hydrogen (secondary N) is 1. The minimum Gasteiger partial charge on any atom is -0.381 e. The second-order valence-corrected chi connectivity index (χ2v) is 8.63. The van der Waals surface area contributed by atoms with E-state index >= 15 is 0 Å². The highest BCUT2D eigenvalue weighted by Crippen LogP contribution is 2.40. The van der Waals surface area contributed by atoms with Gasteiger partial charge in [-0.2, -0.15) is 9.49 Å². The molecule has 11 heteroatoms. The summed E-state index contributed by atoms with van der Waals surface area (Å²) < 4.78 is 40.0. The SMILES string of the molecule is C=N/C(F)=C\C(=C/C)C(=O)Nc1cn2nc(-c3c(-c4ccc(F)cc4)noc3C3CCOCC3)ccc2n1. The molecule has 1 saturated heterocycles. The number of aromatic nitrogens is 4. The molecule has 5 rings (SSSR count). The Morgan fingerprint density at radius 3 is 2.68 bits per heavy atom. The van der Waals surface area contributed by atoms with Gasteiger partial charge in [0.2, 0.25) is 5.95 Å². The number of fused-ring (bicyclic) bond motifs is 1. The van der Waals surface area contributed by atoms with E-state index in [9.17, 15) is 13.6 Å². The lowest BCUT2D eigenvalue weighted by Crippen LogP contribution is -2.14. The van der Waals surface area contributed by atoms with Crippen LogP contribution < -0.4 is 5.32 Å². The maximum absolute atomic E-state index is 13.6. The summed E-state index contributed by atoms with van der Waals surface area (Å²) in [6, 6.07) is 9.58. The number of halogens is 2. The first-order chi connectivity index (χ1) is 18.5. The summed E-state index contributed by atoms with van der Waals surface area (Å²) in [4.78, 5) is 20.1. The monoisotopic (exact) mass is 518 g/mol. The van der Waals surface area contributed by atoms with E-state index in [1.807, 2.05) is 0 Å². The maximum Gasteiger partial charge on any atom is 0.256 e. The van der Waals surface area contributed by atoms with Crippen molar-refractivity contribution in [2.24, 2.45) is 4.99 Å². The number of rotatable bonds is 7.